The van der Waals surface area contributed by atoms with E-state index in [4.69, 9.17) is 9.63 Å². The summed E-state index contributed by atoms with van der Waals surface area (Å²) in [7, 11) is 0. The standard InChI is InChI=1S/C15H18N2O3/c1-11-6-8-12(9-7-11)10-13-16-14(20-17-13)4-2-3-5-15(18)19/h6-9H,2-5,10H2,1H3,(H,18,19). The molecule has 1 N–H and O–H groups in total. The second-order valence-electron chi connectivity index (χ2n) is 4.87. The number of hydrogen-bond donors (Lipinski definition) is 1. The van der Waals surface area contributed by atoms with Crippen molar-refractivity contribution in [3.8, 4) is 0 Å². The summed E-state index contributed by atoms with van der Waals surface area (Å²) < 4.78 is 5.16. The van der Waals surface area contributed by atoms with E-state index in [9.17, 15) is 4.79 Å². The van der Waals surface area contributed by atoms with E-state index in [1.807, 2.05) is 6.92 Å². The third-order valence-corrected chi connectivity index (χ3v) is 3.02. The van der Waals surface area contributed by atoms with Crippen LogP contribution in [0.5, 0.6) is 0 Å². The molecule has 0 aliphatic carbocycles. The lowest BCUT2D eigenvalue weighted by molar-refractivity contribution is -0.137. The minimum Gasteiger partial charge on any atom is -0.481 e. The van der Waals surface area contributed by atoms with Crippen molar-refractivity contribution in [1.29, 1.82) is 0 Å². The van der Waals surface area contributed by atoms with Crippen molar-refractivity contribution in [2.75, 3.05) is 0 Å². The largest absolute Gasteiger partial charge is 0.481 e. The maximum absolute atomic E-state index is 10.4. The van der Waals surface area contributed by atoms with Crippen molar-refractivity contribution in [2.45, 2.75) is 39.0 Å². The van der Waals surface area contributed by atoms with E-state index in [1.54, 1.807) is 0 Å². The van der Waals surface area contributed by atoms with Crippen LogP contribution in [0, 0.1) is 6.92 Å². The van der Waals surface area contributed by atoms with Gasteiger partial charge >= 0.3 is 5.97 Å². The van der Waals surface area contributed by atoms with Gasteiger partial charge in [-0.15, -0.1) is 0 Å². The zero-order valence-electron chi connectivity index (χ0n) is 11.5. The Kier molecular flexibility index (Phi) is 4.87. The molecule has 0 spiro atoms. The molecule has 0 saturated carbocycles. The third kappa shape index (κ3) is 4.50. The van der Waals surface area contributed by atoms with Gasteiger partial charge < -0.3 is 9.63 Å². The molecular weight excluding hydrogens is 256 g/mol. The number of rotatable bonds is 7. The van der Waals surface area contributed by atoms with Gasteiger partial charge in [0.05, 0.1) is 0 Å². The van der Waals surface area contributed by atoms with Crippen molar-refractivity contribution >= 4 is 5.97 Å². The maximum Gasteiger partial charge on any atom is 0.303 e. The van der Waals surface area contributed by atoms with Gasteiger partial charge in [0.2, 0.25) is 5.89 Å². The average Bonchev–Trinajstić information content (AvgIpc) is 2.85. The highest BCUT2D eigenvalue weighted by molar-refractivity contribution is 5.66. The summed E-state index contributed by atoms with van der Waals surface area (Å²) in [6.45, 7) is 2.05. The molecule has 1 aromatic carbocycles. The van der Waals surface area contributed by atoms with Gasteiger partial charge in [0.1, 0.15) is 0 Å². The summed E-state index contributed by atoms with van der Waals surface area (Å²) in [5, 5.41) is 12.5. The molecule has 106 valence electrons. The Labute approximate surface area is 117 Å². The smallest absolute Gasteiger partial charge is 0.303 e. The van der Waals surface area contributed by atoms with E-state index in [0.717, 1.165) is 12.0 Å². The Hall–Kier alpha value is -2.17. The van der Waals surface area contributed by atoms with Crippen molar-refractivity contribution < 1.29 is 14.4 Å². The van der Waals surface area contributed by atoms with Crippen molar-refractivity contribution in [2.24, 2.45) is 0 Å². The van der Waals surface area contributed by atoms with Crippen molar-refractivity contribution in [1.82, 2.24) is 10.1 Å². The van der Waals surface area contributed by atoms with E-state index >= 15 is 0 Å². The van der Waals surface area contributed by atoms with E-state index < -0.39 is 5.97 Å². The zero-order chi connectivity index (χ0) is 14.4. The number of aliphatic carboxylic acids is 1. The molecule has 2 rings (SSSR count). The normalized spacial score (nSPS) is 10.7. The molecule has 0 radical (unpaired) electrons. The van der Waals surface area contributed by atoms with Crippen LogP contribution in [0.2, 0.25) is 0 Å². The van der Waals surface area contributed by atoms with Gasteiger partial charge in [0, 0.05) is 19.3 Å². The fraction of sp³-hybridized carbons (Fsp3) is 0.400. The first-order valence-electron chi connectivity index (χ1n) is 6.72. The summed E-state index contributed by atoms with van der Waals surface area (Å²) in [5.74, 6) is 0.482. The second kappa shape index (κ2) is 6.84. The number of carboxylic acid groups (broad SMARTS) is 1. The molecule has 0 aliphatic rings. The third-order valence-electron chi connectivity index (χ3n) is 3.02. The second-order valence-corrected chi connectivity index (χ2v) is 4.87. The quantitative estimate of drug-likeness (QED) is 0.786. The molecule has 20 heavy (non-hydrogen) atoms. The predicted molar refractivity (Wildman–Crippen MR) is 73.5 cm³/mol. The number of carbonyl (C=O) groups is 1. The monoisotopic (exact) mass is 274 g/mol. The molecule has 0 saturated heterocycles. The molecule has 0 bridgehead atoms. The summed E-state index contributed by atoms with van der Waals surface area (Å²) in [5.41, 5.74) is 2.37. The van der Waals surface area contributed by atoms with Crippen LogP contribution in [0.1, 0.15) is 42.1 Å². The van der Waals surface area contributed by atoms with Crippen LogP contribution in [-0.4, -0.2) is 21.2 Å². The van der Waals surface area contributed by atoms with Crippen LogP contribution < -0.4 is 0 Å². The molecule has 0 amide bonds. The van der Waals surface area contributed by atoms with E-state index in [-0.39, 0.29) is 6.42 Å². The number of nitrogens with zero attached hydrogens (tertiary/aromatic N) is 2. The number of carboxylic acids is 1. The predicted octanol–water partition coefficient (Wildman–Crippen LogP) is 2.77. The fourth-order valence-electron chi connectivity index (χ4n) is 1.90. The van der Waals surface area contributed by atoms with Crippen LogP contribution in [0.3, 0.4) is 0 Å². The number of aromatic nitrogens is 2. The molecule has 0 unspecified atom stereocenters. The van der Waals surface area contributed by atoms with Crippen molar-refractivity contribution in [3.05, 3.63) is 47.1 Å². The Bertz CT molecular complexity index is 561. The molecule has 2 aromatic rings. The Balaban J connectivity index is 1.82. The van der Waals surface area contributed by atoms with Gasteiger partial charge in [-0.25, -0.2) is 0 Å². The Morgan fingerprint density at radius 3 is 2.70 bits per heavy atom. The minimum atomic E-state index is -0.768. The topological polar surface area (TPSA) is 76.2 Å². The molecule has 5 nitrogen and oxygen atoms in total. The van der Waals surface area contributed by atoms with Crippen LogP contribution in [0.15, 0.2) is 28.8 Å². The van der Waals surface area contributed by atoms with Gasteiger partial charge in [-0.05, 0) is 25.3 Å². The molecule has 0 fully saturated rings. The summed E-state index contributed by atoms with van der Waals surface area (Å²) in [4.78, 5) is 14.7. The number of aryl methyl sites for hydroxylation is 2. The maximum atomic E-state index is 10.4. The highest BCUT2D eigenvalue weighted by Gasteiger charge is 2.07. The summed E-state index contributed by atoms with van der Waals surface area (Å²) in [6, 6.07) is 8.22. The molecular formula is C15H18N2O3. The lowest BCUT2D eigenvalue weighted by Gasteiger charge is -1.97. The highest BCUT2D eigenvalue weighted by Crippen LogP contribution is 2.10. The first-order valence-corrected chi connectivity index (χ1v) is 6.72. The summed E-state index contributed by atoms with van der Waals surface area (Å²) in [6.07, 6.45) is 2.85. The van der Waals surface area contributed by atoms with E-state index in [0.29, 0.717) is 31.0 Å². The minimum absolute atomic E-state index is 0.185. The van der Waals surface area contributed by atoms with E-state index in [2.05, 4.69) is 34.4 Å². The molecule has 5 heteroatoms. The molecule has 1 heterocycles. The lowest BCUT2D eigenvalue weighted by atomic mass is 10.1. The SMILES string of the molecule is Cc1ccc(Cc2noc(CCCCC(=O)O)n2)cc1. The summed E-state index contributed by atoms with van der Waals surface area (Å²) >= 11 is 0. The van der Waals surface area contributed by atoms with Gasteiger partial charge in [0.15, 0.2) is 5.82 Å². The first kappa shape index (κ1) is 14.2. The van der Waals surface area contributed by atoms with E-state index in [1.165, 1.54) is 5.56 Å². The molecule has 0 atom stereocenters. The molecule has 0 aliphatic heterocycles. The van der Waals surface area contributed by atoms with Crippen LogP contribution >= 0.6 is 0 Å². The van der Waals surface area contributed by atoms with Gasteiger partial charge in [-0.2, -0.15) is 4.98 Å². The Morgan fingerprint density at radius 1 is 1.25 bits per heavy atom. The van der Waals surface area contributed by atoms with Crippen LogP contribution in [0.25, 0.3) is 0 Å². The van der Waals surface area contributed by atoms with Gasteiger partial charge in [-0.1, -0.05) is 35.0 Å². The van der Waals surface area contributed by atoms with Crippen LogP contribution in [0.4, 0.5) is 0 Å². The fourth-order valence-corrected chi connectivity index (χ4v) is 1.90. The van der Waals surface area contributed by atoms with Gasteiger partial charge in [-0.3, -0.25) is 4.79 Å². The number of benzene rings is 1. The van der Waals surface area contributed by atoms with Crippen molar-refractivity contribution in [3.63, 3.8) is 0 Å². The number of hydrogen-bond acceptors (Lipinski definition) is 4. The highest BCUT2D eigenvalue weighted by atomic mass is 16.5. The van der Waals surface area contributed by atoms with Gasteiger partial charge in [0.25, 0.3) is 0 Å². The van der Waals surface area contributed by atoms with Crippen LogP contribution in [-0.2, 0) is 17.6 Å². The molecule has 1 aromatic heterocycles. The Morgan fingerprint density at radius 2 is 2.00 bits per heavy atom. The zero-order valence-corrected chi connectivity index (χ0v) is 11.5. The first-order chi connectivity index (χ1) is 9.63. The average molecular weight is 274 g/mol. The number of unbranched alkanes of at least 4 members (excludes halogenated alkanes) is 1. The lowest BCUT2D eigenvalue weighted by Crippen LogP contribution is -1.95.